The fourth-order valence-electron chi connectivity index (χ4n) is 4.02. The van der Waals surface area contributed by atoms with Crippen molar-refractivity contribution in [1.29, 1.82) is 0 Å². The first-order valence-corrected chi connectivity index (χ1v) is 7.97. The lowest BCUT2D eigenvalue weighted by atomic mass is 9.69. The molecule has 0 bridgehead atoms. The molecule has 0 amide bonds. The van der Waals surface area contributed by atoms with Crippen LogP contribution in [0.25, 0.3) is 0 Å². The highest BCUT2D eigenvalue weighted by molar-refractivity contribution is 4.91. The Bertz CT molecular complexity index is 290. The molecule has 3 nitrogen and oxygen atoms in total. The average Bonchev–Trinajstić information content (AvgIpc) is 2.71. The third-order valence-electron chi connectivity index (χ3n) is 5.19. The maximum absolute atomic E-state index is 10.6. The maximum Gasteiger partial charge on any atom is 0.0631 e. The number of aliphatic hydroxyl groups is 1. The minimum absolute atomic E-state index is 0.111. The van der Waals surface area contributed by atoms with E-state index < -0.39 is 0 Å². The Kier molecular flexibility index (Phi) is 4.91. The topological polar surface area (TPSA) is 26.7 Å². The van der Waals surface area contributed by atoms with E-state index in [1.54, 1.807) is 0 Å². The zero-order chi connectivity index (χ0) is 14.0. The molecule has 2 aliphatic rings. The lowest BCUT2D eigenvalue weighted by molar-refractivity contribution is -0.0446. The molecule has 1 aliphatic heterocycles. The van der Waals surface area contributed by atoms with Gasteiger partial charge >= 0.3 is 0 Å². The van der Waals surface area contributed by atoms with E-state index >= 15 is 0 Å². The van der Waals surface area contributed by atoms with Crippen molar-refractivity contribution in [3.63, 3.8) is 0 Å². The van der Waals surface area contributed by atoms with Crippen molar-refractivity contribution in [3.8, 4) is 0 Å². The molecule has 0 aromatic heterocycles. The van der Waals surface area contributed by atoms with Gasteiger partial charge in [-0.2, -0.15) is 0 Å². The molecule has 2 fully saturated rings. The normalized spacial score (nSPS) is 36.0. The van der Waals surface area contributed by atoms with E-state index in [4.69, 9.17) is 0 Å². The summed E-state index contributed by atoms with van der Waals surface area (Å²) < 4.78 is 0. The van der Waals surface area contributed by atoms with Crippen LogP contribution in [0.1, 0.15) is 46.0 Å². The van der Waals surface area contributed by atoms with Gasteiger partial charge < -0.3 is 10.0 Å². The minimum atomic E-state index is -0.123. The van der Waals surface area contributed by atoms with Crippen molar-refractivity contribution in [1.82, 2.24) is 9.80 Å². The number of rotatable bonds is 4. The van der Waals surface area contributed by atoms with Crippen LogP contribution in [0.5, 0.6) is 0 Å². The first-order valence-electron chi connectivity index (χ1n) is 7.97. The number of nitrogens with zero attached hydrogens (tertiary/aromatic N) is 2. The third kappa shape index (κ3) is 3.71. The van der Waals surface area contributed by atoms with Gasteiger partial charge in [-0.15, -0.1) is 0 Å². The Morgan fingerprint density at radius 1 is 1.21 bits per heavy atom. The summed E-state index contributed by atoms with van der Waals surface area (Å²) in [7, 11) is 4.32. The SMILES string of the molecule is CN(C)CC1CCCN1CC1CCCC(C)(C)C1O. The van der Waals surface area contributed by atoms with Gasteiger partial charge in [-0.05, 0) is 57.7 Å². The van der Waals surface area contributed by atoms with Crippen molar-refractivity contribution in [3.05, 3.63) is 0 Å². The molecule has 1 N–H and O–H groups in total. The monoisotopic (exact) mass is 268 g/mol. The van der Waals surface area contributed by atoms with Crippen LogP contribution >= 0.6 is 0 Å². The summed E-state index contributed by atoms with van der Waals surface area (Å²) in [6.07, 6.45) is 6.18. The van der Waals surface area contributed by atoms with E-state index in [1.807, 2.05) is 0 Å². The molecule has 2 rings (SSSR count). The van der Waals surface area contributed by atoms with E-state index in [-0.39, 0.29) is 11.5 Å². The van der Waals surface area contributed by atoms with Crippen LogP contribution in [0.2, 0.25) is 0 Å². The highest BCUT2D eigenvalue weighted by Crippen LogP contribution is 2.39. The van der Waals surface area contributed by atoms with Gasteiger partial charge in [0.2, 0.25) is 0 Å². The Morgan fingerprint density at radius 2 is 1.95 bits per heavy atom. The highest BCUT2D eigenvalue weighted by atomic mass is 16.3. The summed E-state index contributed by atoms with van der Waals surface area (Å²) in [6.45, 7) is 7.94. The van der Waals surface area contributed by atoms with Crippen LogP contribution in [0.15, 0.2) is 0 Å². The molecule has 1 aliphatic carbocycles. The van der Waals surface area contributed by atoms with Crippen molar-refractivity contribution >= 4 is 0 Å². The fraction of sp³-hybridized carbons (Fsp3) is 1.00. The molecule has 112 valence electrons. The smallest absolute Gasteiger partial charge is 0.0631 e. The van der Waals surface area contributed by atoms with E-state index in [1.165, 1.54) is 38.6 Å². The molecule has 3 heteroatoms. The summed E-state index contributed by atoms with van der Waals surface area (Å²) >= 11 is 0. The van der Waals surface area contributed by atoms with Crippen LogP contribution in [0.4, 0.5) is 0 Å². The van der Waals surface area contributed by atoms with E-state index in [9.17, 15) is 5.11 Å². The quantitative estimate of drug-likeness (QED) is 0.847. The number of likely N-dealkylation sites (N-methyl/N-ethyl adjacent to an activating group) is 1. The van der Waals surface area contributed by atoms with Gasteiger partial charge in [0, 0.05) is 19.1 Å². The average molecular weight is 268 g/mol. The number of hydrogen-bond acceptors (Lipinski definition) is 3. The van der Waals surface area contributed by atoms with Crippen LogP contribution in [-0.2, 0) is 0 Å². The van der Waals surface area contributed by atoms with Gasteiger partial charge in [-0.1, -0.05) is 20.3 Å². The molecule has 3 unspecified atom stereocenters. The van der Waals surface area contributed by atoms with Gasteiger partial charge in [0.05, 0.1) is 6.10 Å². The van der Waals surface area contributed by atoms with Crippen LogP contribution in [0.3, 0.4) is 0 Å². The maximum atomic E-state index is 10.6. The van der Waals surface area contributed by atoms with Gasteiger partial charge in [0.15, 0.2) is 0 Å². The van der Waals surface area contributed by atoms with Crippen LogP contribution in [-0.4, -0.2) is 60.8 Å². The largest absolute Gasteiger partial charge is 0.392 e. The predicted molar refractivity (Wildman–Crippen MR) is 80.3 cm³/mol. The third-order valence-corrected chi connectivity index (χ3v) is 5.19. The molecule has 0 radical (unpaired) electrons. The first-order chi connectivity index (χ1) is 8.90. The summed E-state index contributed by atoms with van der Waals surface area (Å²) in [5.74, 6) is 0.478. The van der Waals surface area contributed by atoms with Gasteiger partial charge in [-0.3, -0.25) is 4.90 Å². The van der Waals surface area contributed by atoms with Crippen molar-refractivity contribution in [2.75, 3.05) is 33.7 Å². The molecule has 0 aromatic carbocycles. The lowest BCUT2D eigenvalue weighted by Crippen LogP contribution is -2.47. The number of hydrogen-bond donors (Lipinski definition) is 1. The Labute approximate surface area is 119 Å². The van der Waals surface area contributed by atoms with Crippen molar-refractivity contribution in [2.24, 2.45) is 11.3 Å². The predicted octanol–water partition coefficient (Wildman–Crippen LogP) is 2.20. The zero-order valence-corrected chi connectivity index (χ0v) is 13.2. The molecule has 0 spiro atoms. The van der Waals surface area contributed by atoms with Crippen molar-refractivity contribution < 1.29 is 5.11 Å². The Morgan fingerprint density at radius 3 is 2.63 bits per heavy atom. The summed E-state index contributed by atoms with van der Waals surface area (Å²) in [5, 5.41) is 10.6. The summed E-state index contributed by atoms with van der Waals surface area (Å²) in [5.41, 5.74) is 0.111. The van der Waals surface area contributed by atoms with E-state index in [0.717, 1.165) is 13.1 Å². The van der Waals surface area contributed by atoms with Gasteiger partial charge in [0.1, 0.15) is 0 Å². The lowest BCUT2D eigenvalue weighted by Gasteiger charge is -2.43. The van der Waals surface area contributed by atoms with E-state index in [2.05, 4.69) is 37.7 Å². The van der Waals surface area contributed by atoms with Crippen molar-refractivity contribution in [2.45, 2.75) is 58.1 Å². The second-order valence-corrected chi connectivity index (χ2v) is 7.64. The van der Waals surface area contributed by atoms with E-state index in [0.29, 0.717) is 12.0 Å². The Hall–Kier alpha value is -0.120. The fourth-order valence-corrected chi connectivity index (χ4v) is 4.02. The molecule has 1 saturated carbocycles. The summed E-state index contributed by atoms with van der Waals surface area (Å²) in [6, 6.07) is 0.701. The first kappa shape index (κ1) is 15.3. The standard InChI is InChI=1S/C16H32N2O/c1-16(2)9-5-7-13(15(16)19)11-18-10-6-8-14(18)12-17(3)4/h13-15,19H,5-12H2,1-4H3. The second kappa shape index (κ2) is 6.11. The molecule has 0 aromatic rings. The van der Waals surface area contributed by atoms with Gasteiger partial charge in [-0.25, -0.2) is 0 Å². The molecule has 19 heavy (non-hydrogen) atoms. The zero-order valence-electron chi connectivity index (χ0n) is 13.2. The molecule has 3 atom stereocenters. The molecular formula is C16H32N2O. The minimum Gasteiger partial charge on any atom is -0.392 e. The number of likely N-dealkylation sites (tertiary alicyclic amines) is 1. The molecule has 1 heterocycles. The van der Waals surface area contributed by atoms with Crippen LogP contribution in [0, 0.1) is 11.3 Å². The molecule has 1 saturated heterocycles. The number of aliphatic hydroxyl groups excluding tert-OH is 1. The molecular weight excluding hydrogens is 236 g/mol. The highest BCUT2D eigenvalue weighted by Gasteiger charge is 2.39. The van der Waals surface area contributed by atoms with Crippen LogP contribution < -0.4 is 0 Å². The Balaban J connectivity index is 1.92. The second-order valence-electron chi connectivity index (χ2n) is 7.64. The summed E-state index contributed by atoms with van der Waals surface area (Å²) in [4.78, 5) is 4.93. The van der Waals surface area contributed by atoms with Gasteiger partial charge in [0.25, 0.3) is 0 Å².